The topological polar surface area (TPSA) is 214 Å². The van der Waals surface area contributed by atoms with E-state index in [1.807, 2.05) is 0 Å². The Kier molecular flexibility index (Phi) is 38.1. The van der Waals surface area contributed by atoms with E-state index in [9.17, 15) is 40.5 Å². The second kappa shape index (κ2) is 42.0. The van der Waals surface area contributed by atoms with Crippen molar-refractivity contribution in [3.63, 3.8) is 0 Å². The maximum absolute atomic E-state index is 13.0. The van der Waals surface area contributed by atoms with E-state index in [0.29, 0.717) is 13.0 Å². The Morgan fingerprint density at radius 2 is 0.942 bits per heavy atom. The molecule has 0 radical (unpaired) electrons. The van der Waals surface area contributed by atoms with Gasteiger partial charge in [-0.05, 0) is 83.5 Å². The van der Waals surface area contributed by atoms with Gasteiger partial charge >= 0.3 is 5.97 Å². The highest BCUT2D eigenvalue weighted by Gasteiger charge is 2.47. The van der Waals surface area contributed by atoms with Crippen molar-refractivity contribution in [1.29, 1.82) is 0 Å². The number of allylic oxidation sites excluding steroid dienone is 12. The molecule has 14 heteroatoms. The molecule has 2 rings (SSSR count). The number of esters is 1. The zero-order valence-electron chi connectivity index (χ0n) is 42.3. The molecule has 14 nitrogen and oxygen atoms in total. The van der Waals surface area contributed by atoms with Gasteiger partial charge in [0, 0.05) is 13.0 Å². The van der Waals surface area contributed by atoms with Crippen molar-refractivity contribution < 1.29 is 69.0 Å². The number of aliphatic hydroxyl groups is 7. The second-order valence-corrected chi connectivity index (χ2v) is 18.3. The second-order valence-electron chi connectivity index (χ2n) is 18.3. The van der Waals surface area contributed by atoms with Crippen molar-refractivity contribution in [2.24, 2.45) is 0 Å². The van der Waals surface area contributed by atoms with Crippen molar-refractivity contribution >= 4 is 5.97 Å². The fourth-order valence-electron chi connectivity index (χ4n) is 7.89. The number of carbonyl (C=O) groups is 1. The van der Waals surface area contributed by atoms with Crippen LogP contribution in [0.25, 0.3) is 0 Å². The molecule has 2 aliphatic heterocycles. The maximum Gasteiger partial charge on any atom is 0.306 e. The Morgan fingerprint density at radius 1 is 0.493 bits per heavy atom. The van der Waals surface area contributed by atoms with E-state index in [4.69, 9.17) is 28.4 Å². The summed E-state index contributed by atoms with van der Waals surface area (Å²) in [6.07, 6.45) is 35.3. The van der Waals surface area contributed by atoms with Gasteiger partial charge in [-0.2, -0.15) is 0 Å². The zero-order chi connectivity index (χ0) is 50.2. The Bertz CT molecular complexity index is 1410. The molecule has 2 saturated heterocycles. The quantitative estimate of drug-likeness (QED) is 0.0175. The Labute approximate surface area is 415 Å². The summed E-state index contributed by atoms with van der Waals surface area (Å²) in [6, 6.07) is 0. The molecular formula is C55H94O14. The Balaban J connectivity index is 1.77. The van der Waals surface area contributed by atoms with Crippen molar-refractivity contribution in [3.8, 4) is 0 Å². The summed E-state index contributed by atoms with van der Waals surface area (Å²) < 4.78 is 34.3. The lowest BCUT2D eigenvalue weighted by Gasteiger charge is -2.42. The van der Waals surface area contributed by atoms with Crippen LogP contribution < -0.4 is 0 Å². The molecule has 0 aromatic rings. The summed E-state index contributed by atoms with van der Waals surface area (Å²) in [6.45, 7) is 3.49. The van der Waals surface area contributed by atoms with Crippen LogP contribution >= 0.6 is 0 Å². The molecule has 11 atom stereocenters. The first kappa shape index (κ1) is 62.5. The van der Waals surface area contributed by atoms with Crippen LogP contribution in [-0.2, 0) is 33.2 Å². The highest BCUT2D eigenvalue weighted by molar-refractivity contribution is 5.69. The molecule has 398 valence electrons. The van der Waals surface area contributed by atoms with E-state index < -0.39 is 86.7 Å². The number of aliphatic hydroxyl groups excluding tert-OH is 7. The molecular weight excluding hydrogens is 885 g/mol. The first-order valence-corrected chi connectivity index (χ1v) is 26.5. The Morgan fingerprint density at radius 3 is 1.48 bits per heavy atom. The lowest BCUT2D eigenvalue weighted by molar-refractivity contribution is -0.332. The molecule has 0 aromatic carbocycles. The van der Waals surface area contributed by atoms with Crippen LogP contribution in [0.15, 0.2) is 72.9 Å². The smallest absolute Gasteiger partial charge is 0.306 e. The maximum atomic E-state index is 13.0. The predicted molar refractivity (Wildman–Crippen MR) is 270 cm³/mol. The average molecular weight is 979 g/mol. The first-order chi connectivity index (χ1) is 33.6. The minimum absolute atomic E-state index is 0.0436. The molecule has 0 bridgehead atoms. The number of unbranched alkanes of at least 4 members (excludes halogenated alkanes) is 15. The number of hydrogen-bond donors (Lipinski definition) is 7. The third-order valence-electron chi connectivity index (χ3n) is 12.2. The summed E-state index contributed by atoms with van der Waals surface area (Å²) in [4.78, 5) is 13.0. The van der Waals surface area contributed by atoms with Crippen LogP contribution in [-0.4, -0.2) is 142 Å². The van der Waals surface area contributed by atoms with E-state index in [0.717, 1.165) is 83.5 Å². The van der Waals surface area contributed by atoms with E-state index in [1.54, 1.807) is 0 Å². The monoisotopic (exact) mass is 979 g/mol. The Hall–Kier alpha value is -2.57. The molecule has 0 spiro atoms. The average Bonchev–Trinajstić information content (AvgIpc) is 3.35. The third-order valence-corrected chi connectivity index (χ3v) is 12.2. The summed E-state index contributed by atoms with van der Waals surface area (Å²) >= 11 is 0. The minimum Gasteiger partial charge on any atom is -0.457 e. The van der Waals surface area contributed by atoms with Gasteiger partial charge in [0.2, 0.25) is 0 Å². The third kappa shape index (κ3) is 29.5. The standard InChI is InChI=1S/C55H94O14/c1-3-5-7-9-11-13-15-17-19-21-23-25-27-29-31-33-35-37-39-64-41-44(67-47(57)38-36-34-32-30-28-26-24-22-20-18-16-14-12-10-8-6-4-2)42-65-54-53(63)51(61)49(59)46(69-54)43-66-55-52(62)50(60)48(58)45(40-56)68-55/h6,8,11-14,17-20,24,26,44-46,48-56,58-63H,3-5,7,9-10,15-16,21-23,25,27-43H2,1-2H3/b8-6-,13-11-,14-12-,19-17-,20-18-,26-24-. The van der Waals surface area contributed by atoms with Gasteiger partial charge < -0.3 is 64.2 Å². The summed E-state index contributed by atoms with van der Waals surface area (Å²) in [5, 5.41) is 72.2. The minimum atomic E-state index is -1.72. The van der Waals surface area contributed by atoms with Gasteiger partial charge in [0.1, 0.15) is 54.9 Å². The van der Waals surface area contributed by atoms with Crippen LogP contribution in [0, 0.1) is 0 Å². The largest absolute Gasteiger partial charge is 0.457 e. The highest BCUT2D eigenvalue weighted by atomic mass is 16.7. The van der Waals surface area contributed by atoms with Gasteiger partial charge in [0.05, 0.1) is 26.4 Å². The molecule has 69 heavy (non-hydrogen) atoms. The van der Waals surface area contributed by atoms with E-state index in [1.165, 1.54) is 57.8 Å². The number of ether oxygens (including phenoxy) is 6. The number of carbonyl (C=O) groups excluding carboxylic acids is 1. The van der Waals surface area contributed by atoms with Gasteiger partial charge in [-0.3, -0.25) is 4.79 Å². The van der Waals surface area contributed by atoms with Gasteiger partial charge in [-0.1, -0.05) is 151 Å². The summed E-state index contributed by atoms with van der Waals surface area (Å²) in [7, 11) is 0. The number of rotatable bonds is 41. The van der Waals surface area contributed by atoms with Crippen LogP contribution in [0.2, 0.25) is 0 Å². The molecule has 7 N–H and O–H groups in total. The van der Waals surface area contributed by atoms with Gasteiger partial charge in [-0.15, -0.1) is 0 Å². The van der Waals surface area contributed by atoms with Crippen LogP contribution in [0.5, 0.6) is 0 Å². The zero-order valence-corrected chi connectivity index (χ0v) is 42.3. The van der Waals surface area contributed by atoms with Crippen molar-refractivity contribution in [1.82, 2.24) is 0 Å². The molecule has 2 fully saturated rings. The lowest BCUT2D eigenvalue weighted by Crippen LogP contribution is -2.61. The normalized spacial score (nSPS) is 26.3. The van der Waals surface area contributed by atoms with Gasteiger partial charge in [-0.25, -0.2) is 0 Å². The summed E-state index contributed by atoms with van der Waals surface area (Å²) in [5.74, 6) is -0.404. The SMILES string of the molecule is CC/C=C\C/C=C\C/C=C\C/C=C\CCCCCCC(=O)OC(COCCCCCCCCCC/C=C\C/C=C\CCCCC)COC1OC(COC2OC(CO)C(O)C(O)C2O)C(O)C(O)C1O. The molecule has 0 aromatic heterocycles. The molecule has 0 amide bonds. The number of hydrogen-bond acceptors (Lipinski definition) is 14. The fourth-order valence-corrected chi connectivity index (χ4v) is 7.89. The lowest BCUT2D eigenvalue weighted by atomic mass is 9.98. The van der Waals surface area contributed by atoms with E-state index in [-0.39, 0.29) is 19.6 Å². The fraction of sp³-hybridized carbons (Fsp3) is 0.764. The van der Waals surface area contributed by atoms with Crippen LogP contribution in [0.4, 0.5) is 0 Å². The molecule has 0 saturated carbocycles. The molecule has 2 aliphatic rings. The van der Waals surface area contributed by atoms with Gasteiger partial charge in [0.15, 0.2) is 12.6 Å². The van der Waals surface area contributed by atoms with Crippen molar-refractivity contribution in [2.75, 3.05) is 33.0 Å². The van der Waals surface area contributed by atoms with Gasteiger partial charge in [0.25, 0.3) is 0 Å². The molecule has 0 aliphatic carbocycles. The van der Waals surface area contributed by atoms with E-state index in [2.05, 4.69) is 86.8 Å². The van der Waals surface area contributed by atoms with Crippen molar-refractivity contribution in [3.05, 3.63) is 72.9 Å². The molecule has 2 heterocycles. The molecule has 11 unspecified atom stereocenters. The van der Waals surface area contributed by atoms with Crippen LogP contribution in [0.1, 0.15) is 168 Å². The van der Waals surface area contributed by atoms with Crippen molar-refractivity contribution in [2.45, 2.75) is 235 Å². The predicted octanol–water partition coefficient (Wildman–Crippen LogP) is 8.29. The first-order valence-electron chi connectivity index (χ1n) is 26.5. The van der Waals surface area contributed by atoms with Crippen LogP contribution in [0.3, 0.4) is 0 Å². The highest BCUT2D eigenvalue weighted by Crippen LogP contribution is 2.26. The van der Waals surface area contributed by atoms with E-state index >= 15 is 0 Å². The summed E-state index contributed by atoms with van der Waals surface area (Å²) in [5.41, 5.74) is 0.